The largest absolute Gasteiger partial charge is 0.396 e. The van der Waals surface area contributed by atoms with Gasteiger partial charge in [0.15, 0.2) is 0 Å². The van der Waals surface area contributed by atoms with Crippen LogP contribution in [0, 0.1) is 11.3 Å². The second-order valence-electron chi connectivity index (χ2n) is 4.08. The second-order valence-corrected chi connectivity index (χ2v) is 4.08. The van der Waals surface area contributed by atoms with Gasteiger partial charge >= 0.3 is 6.18 Å². The summed E-state index contributed by atoms with van der Waals surface area (Å²) >= 11 is 0. The zero-order chi connectivity index (χ0) is 13.9. The fourth-order valence-electron chi connectivity index (χ4n) is 1.77. The van der Waals surface area contributed by atoms with Crippen molar-refractivity contribution in [1.29, 1.82) is 5.26 Å². The van der Waals surface area contributed by atoms with Gasteiger partial charge in [-0.05, 0) is 17.7 Å². The van der Waals surface area contributed by atoms with Crippen LogP contribution in [0.4, 0.5) is 13.2 Å². The third-order valence-corrected chi connectivity index (χ3v) is 2.57. The molecule has 19 heavy (non-hydrogen) atoms. The van der Waals surface area contributed by atoms with Gasteiger partial charge in [-0.3, -0.25) is 0 Å². The molecule has 0 aliphatic heterocycles. The van der Waals surface area contributed by atoms with E-state index in [-0.39, 0.29) is 12.4 Å². The molecule has 0 amide bonds. The van der Waals surface area contributed by atoms with Crippen molar-refractivity contribution < 1.29 is 13.2 Å². The molecule has 0 N–H and O–H groups in total. The van der Waals surface area contributed by atoms with Gasteiger partial charge in [-0.2, -0.15) is 18.4 Å². The van der Waals surface area contributed by atoms with E-state index < -0.39 is 12.6 Å². The minimum atomic E-state index is -4.28. The fourth-order valence-corrected chi connectivity index (χ4v) is 1.77. The van der Waals surface area contributed by atoms with Crippen LogP contribution in [0.2, 0.25) is 0 Å². The smallest absolute Gasteiger partial charge is 0.330 e. The van der Waals surface area contributed by atoms with Crippen LogP contribution in [0.1, 0.15) is 17.0 Å². The molecule has 0 aliphatic rings. The molecule has 0 spiro atoms. The van der Waals surface area contributed by atoms with Gasteiger partial charge in [0, 0.05) is 18.9 Å². The van der Waals surface area contributed by atoms with Crippen LogP contribution in [0.15, 0.2) is 36.7 Å². The highest BCUT2D eigenvalue weighted by Crippen LogP contribution is 2.20. The van der Waals surface area contributed by atoms with Gasteiger partial charge in [-0.25, -0.2) is 4.98 Å². The summed E-state index contributed by atoms with van der Waals surface area (Å²) in [6.45, 7) is 0.265. The van der Waals surface area contributed by atoms with E-state index in [4.69, 9.17) is 5.26 Å². The van der Waals surface area contributed by atoms with Gasteiger partial charge in [-0.1, -0.05) is 12.1 Å². The Kier molecular flexibility index (Phi) is 3.56. The number of alkyl halides is 3. The van der Waals surface area contributed by atoms with Crippen molar-refractivity contribution in [2.75, 3.05) is 0 Å². The van der Waals surface area contributed by atoms with Crippen LogP contribution in [0.3, 0.4) is 0 Å². The lowest BCUT2D eigenvalue weighted by Gasteiger charge is -2.10. The van der Waals surface area contributed by atoms with E-state index in [9.17, 15) is 13.2 Å². The van der Waals surface area contributed by atoms with Crippen molar-refractivity contribution in [3.63, 3.8) is 0 Å². The Hall–Kier alpha value is -2.29. The molecule has 1 heterocycles. The zero-order valence-corrected chi connectivity index (χ0v) is 9.85. The molecule has 0 atom stereocenters. The normalized spacial score (nSPS) is 11.3. The molecule has 6 heteroatoms. The zero-order valence-electron chi connectivity index (χ0n) is 9.85. The minimum Gasteiger partial charge on any atom is -0.330 e. The summed E-state index contributed by atoms with van der Waals surface area (Å²) in [4.78, 5) is 3.72. The molecule has 98 valence electrons. The molecule has 0 saturated carbocycles. The van der Waals surface area contributed by atoms with Crippen molar-refractivity contribution in [3.8, 4) is 6.07 Å². The van der Waals surface area contributed by atoms with E-state index in [1.54, 1.807) is 24.3 Å². The van der Waals surface area contributed by atoms with Gasteiger partial charge < -0.3 is 4.57 Å². The van der Waals surface area contributed by atoms with Crippen LogP contribution in [0.5, 0.6) is 0 Å². The van der Waals surface area contributed by atoms with E-state index in [1.165, 1.54) is 17.0 Å². The molecule has 0 radical (unpaired) electrons. The molecule has 1 aromatic heterocycles. The van der Waals surface area contributed by atoms with E-state index in [0.717, 1.165) is 5.56 Å². The molecule has 0 fully saturated rings. The van der Waals surface area contributed by atoms with Crippen molar-refractivity contribution in [2.45, 2.75) is 19.1 Å². The molecule has 0 saturated heterocycles. The molecule has 1 aromatic carbocycles. The van der Waals surface area contributed by atoms with Crippen molar-refractivity contribution in [1.82, 2.24) is 9.55 Å². The number of nitrogens with zero attached hydrogens (tertiary/aromatic N) is 3. The maximum absolute atomic E-state index is 12.4. The predicted molar refractivity (Wildman–Crippen MR) is 62.2 cm³/mol. The van der Waals surface area contributed by atoms with Gasteiger partial charge in [0.25, 0.3) is 0 Å². The molecule has 0 unspecified atom stereocenters. The molecular weight excluding hydrogens is 255 g/mol. The van der Waals surface area contributed by atoms with E-state index in [2.05, 4.69) is 4.98 Å². The number of nitriles is 1. The second kappa shape index (κ2) is 5.14. The van der Waals surface area contributed by atoms with Gasteiger partial charge in [-0.15, -0.1) is 0 Å². The minimum absolute atomic E-state index is 0.0325. The Bertz CT molecular complexity index is 608. The van der Waals surface area contributed by atoms with E-state index >= 15 is 0 Å². The highest BCUT2D eigenvalue weighted by atomic mass is 19.4. The lowest BCUT2D eigenvalue weighted by molar-refractivity contribution is -0.128. The summed E-state index contributed by atoms with van der Waals surface area (Å²) in [5.74, 6) is -0.0325. The van der Waals surface area contributed by atoms with Crippen LogP contribution in [-0.4, -0.2) is 15.7 Å². The Morgan fingerprint density at radius 2 is 2.11 bits per heavy atom. The van der Waals surface area contributed by atoms with Gasteiger partial charge in [0.1, 0.15) is 12.2 Å². The van der Waals surface area contributed by atoms with Gasteiger partial charge in [0.05, 0.1) is 11.6 Å². The lowest BCUT2D eigenvalue weighted by atomic mass is 10.1. The van der Waals surface area contributed by atoms with Crippen molar-refractivity contribution in [3.05, 3.63) is 53.6 Å². The molecule has 3 nitrogen and oxygen atoms in total. The number of benzene rings is 1. The molecule has 2 rings (SSSR count). The van der Waals surface area contributed by atoms with Gasteiger partial charge in [0.2, 0.25) is 0 Å². The maximum Gasteiger partial charge on any atom is 0.396 e. The molecule has 2 aromatic rings. The number of halogens is 3. The first-order chi connectivity index (χ1) is 8.98. The SMILES string of the molecule is N#Cc1cccc(Cn2ccnc2CC(F)(F)F)c1. The average molecular weight is 265 g/mol. The van der Waals surface area contributed by atoms with Crippen LogP contribution in [-0.2, 0) is 13.0 Å². The Labute approximate surface area is 107 Å². The van der Waals surface area contributed by atoms with E-state index in [1.807, 2.05) is 6.07 Å². The summed E-state index contributed by atoms with van der Waals surface area (Å²) in [5, 5.41) is 8.78. The standard InChI is InChI=1S/C13H10F3N3/c14-13(15,16)7-12-18-4-5-19(12)9-11-3-1-2-10(6-11)8-17/h1-6H,7,9H2. The number of hydrogen-bond acceptors (Lipinski definition) is 2. The first kappa shape index (κ1) is 13.1. The van der Waals surface area contributed by atoms with Crippen molar-refractivity contribution >= 4 is 0 Å². The van der Waals surface area contributed by atoms with Crippen LogP contribution >= 0.6 is 0 Å². The summed E-state index contributed by atoms with van der Waals surface area (Å²) in [6, 6.07) is 8.76. The Balaban J connectivity index is 2.20. The molecule has 0 aliphatic carbocycles. The molecule has 0 bridgehead atoms. The fraction of sp³-hybridized carbons (Fsp3) is 0.231. The monoisotopic (exact) mass is 265 g/mol. The van der Waals surface area contributed by atoms with E-state index in [0.29, 0.717) is 5.56 Å². The Morgan fingerprint density at radius 3 is 2.79 bits per heavy atom. The first-order valence-corrected chi connectivity index (χ1v) is 5.54. The lowest BCUT2D eigenvalue weighted by Crippen LogP contribution is -2.16. The summed E-state index contributed by atoms with van der Waals surface area (Å²) in [5.41, 5.74) is 1.25. The number of rotatable bonds is 3. The molecular formula is C13H10F3N3. The van der Waals surface area contributed by atoms with Crippen LogP contribution < -0.4 is 0 Å². The average Bonchev–Trinajstić information content (AvgIpc) is 2.74. The Morgan fingerprint density at radius 1 is 1.32 bits per heavy atom. The van der Waals surface area contributed by atoms with Crippen molar-refractivity contribution in [2.24, 2.45) is 0 Å². The third kappa shape index (κ3) is 3.58. The van der Waals surface area contributed by atoms with Crippen LogP contribution in [0.25, 0.3) is 0 Å². The highest BCUT2D eigenvalue weighted by molar-refractivity contribution is 5.32. The number of imidazole rings is 1. The predicted octanol–water partition coefficient (Wildman–Crippen LogP) is 2.91. The summed E-state index contributed by atoms with van der Waals surface area (Å²) in [7, 11) is 0. The quantitative estimate of drug-likeness (QED) is 0.856. The number of hydrogen-bond donors (Lipinski definition) is 0. The topological polar surface area (TPSA) is 41.6 Å². The number of aromatic nitrogens is 2. The maximum atomic E-state index is 12.4. The first-order valence-electron chi connectivity index (χ1n) is 5.54. The highest BCUT2D eigenvalue weighted by Gasteiger charge is 2.30. The summed E-state index contributed by atoms with van der Waals surface area (Å²) in [6.07, 6.45) is -2.50. The third-order valence-electron chi connectivity index (χ3n) is 2.57. The summed E-state index contributed by atoms with van der Waals surface area (Å²) < 4.78 is 38.5.